The molecule has 0 spiro atoms. The predicted octanol–water partition coefficient (Wildman–Crippen LogP) is 3.28. The zero-order valence-electron chi connectivity index (χ0n) is 10.9. The van der Waals surface area contributed by atoms with E-state index in [1.807, 2.05) is 60.7 Å². The number of rotatable bonds is 6. The minimum Gasteiger partial charge on any atom is -0.396 e. The van der Waals surface area contributed by atoms with Crippen LogP contribution in [-0.2, 0) is 0 Å². The molecule has 0 aliphatic rings. The zero-order valence-corrected chi connectivity index (χ0v) is 10.9. The van der Waals surface area contributed by atoms with E-state index in [1.54, 1.807) is 0 Å². The number of aliphatic hydroxyl groups is 2. The van der Waals surface area contributed by atoms with Crippen molar-refractivity contribution in [2.75, 3.05) is 6.61 Å². The van der Waals surface area contributed by atoms with Crippen LogP contribution in [0.5, 0.6) is 0 Å². The van der Waals surface area contributed by atoms with Gasteiger partial charge in [-0.2, -0.15) is 0 Å². The first-order chi connectivity index (χ1) is 9.33. The van der Waals surface area contributed by atoms with Crippen molar-refractivity contribution in [3.05, 3.63) is 71.8 Å². The van der Waals surface area contributed by atoms with Gasteiger partial charge in [0, 0.05) is 12.5 Å². The minimum atomic E-state index is -0.532. The molecule has 0 unspecified atom stereocenters. The molecule has 2 N–H and O–H groups in total. The molecule has 0 saturated carbocycles. The summed E-state index contributed by atoms with van der Waals surface area (Å²) in [5, 5.41) is 19.6. The van der Waals surface area contributed by atoms with Crippen molar-refractivity contribution >= 4 is 0 Å². The summed E-state index contributed by atoms with van der Waals surface area (Å²) < 4.78 is 0. The molecule has 0 aliphatic carbocycles. The van der Waals surface area contributed by atoms with Crippen LogP contribution in [-0.4, -0.2) is 16.8 Å². The number of hydrogen-bond acceptors (Lipinski definition) is 2. The molecule has 0 saturated heterocycles. The fraction of sp³-hybridized carbons (Fsp3) is 0.294. The lowest BCUT2D eigenvalue weighted by Crippen LogP contribution is -2.11. The van der Waals surface area contributed by atoms with Crippen LogP contribution < -0.4 is 0 Å². The quantitative estimate of drug-likeness (QED) is 0.832. The van der Waals surface area contributed by atoms with E-state index in [0.29, 0.717) is 6.42 Å². The Balaban J connectivity index is 2.22. The molecule has 2 nitrogen and oxygen atoms in total. The maximum Gasteiger partial charge on any atom is 0.0858 e. The largest absolute Gasteiger partial charge is 0.396 e. The summed E-state index contributed by atoms with van der Waals surface area (Å²) in [6.07, 6.45) is 0.940. The van der Waals surface area contributed by atoms with Crippen LogP contribution in [0, 0.1) is 0 Å². The third-order valence-corrected chi connectivity index (χ3v) is 3.42. The summed E-state index contributed by atoms with van der Waals surface area (Å²) in [6.45, 7) is 0.158. The summed E-state index contributed by atoms with van der Waals surface area (Å²) >= 11 is 0. The summed E-state index contributed by atoms with van der Waals surface area (Å²) in [5.74, 6) is 0.0238. The molecular weight excluding hydrogens is 236 g/mol. The van der Waals surface area contributed by atoms with Gasteiger partial charge >= 0.3 is 0 Å². The molecule has 100 valence electrons. The Morgan fingerprint density at radius 2 is 1.32 bits per heavy atom. The fourth-order valence-corrected chi connectivity index (χ4v) is 2.40. The van der Waals surface area contributed by atoms with E-state index in [-0.39, 0.29) is 12.5 Å². The molecule has 2 atom stereocenters. The van der Waals surface area contributed by atoms with Crippen molar-refractivity contribution < 1.29 is 10.2 Å². The van der Waals surface area contributed by atoms with Crippen LogP contribution in [0.1, 0.15) is 36.0 Å². The second-order valence-corrected chi connectivity index (χ2v) is 4.74. The average Bonchev–Trinajstić information content (AvgIpc) is 2.49. The SMILES string of the molecule is OCCC[C@H](c1ccccc1)[C@@H](O)c1ccccc1. The van der Waals surface area contributed by atoms with Gasteiger partial charge in [0.15, 0.2) is 0 Å². The highest BCUT2D eigenvalue weighted by Gasteiger charge is 2.21. The van der Waals surface area contributed by atoms with E-state index in [1.165, 1.54) is 0 Å². The Kier molecular flexibility index (Phi) is 5.13. The lowest BCUT2D eigenvalue weighted by Gasteiger charge is -2.23. The molecule has 0 heterocycles. The summed E-state index contributed by atoms with van der Waals surface area (Å²) in [6, 6.07) is 19.7. The van der Waals surface area contributed by atoms with E-state index >= 15 is 0 Å². The van der Waals surface area contributed by atoms with Gasteiger partial charge in [-0.3, -0.25) is 0 Å². The van der Waals surface area contributed by atoms with Crippen LogP contribution in [0.4, 0.5) is 0 Å². The highest BCUT2D eigenvalue weighted by Crippen LogP contribution is 2.34. The molecule has 0 amide bonds. The van der Waals surface area contributed by atoms with Gasteiger partial charge in [0.2, 0.25) is 0 Å². The van der Waals surface area contributed by atoms with Gasteiger partial charge in [-0.25, -0.2) is 0 Å². The summed E-state index contributed by atoms with van der Waals surface area (Å²) in [4.78, 5) is 0. The molecule has 0 aromatic heterocycles. The monoisotopic (exact) mass is 256 g/mol. The smallest absolute Gasteiger partial charge is 0.0858 e. The Morgan fingerprint density at radius 3 is 1.84 bits per heavy atom. The number of benzene rings is 2. The lowest BCUT2D eigenvalue weighted by atomic mass is 9.86. The molecular formula is C17H20O2. The first-order valence-electron chi connectivity index (χ1n) is 6.71. The van der Waals surface area contributed by atoms with Gasteiger partial charge in [0.25, 0.3) is 0 Å². The highest BCUT2D eigenvalue weighted by molar-refractivity contribution is 5.26. The van der Waals surface area contributed by atoms with Gasteiger partial charge in [-0.05, 0) is 24.0 Å². The molecule has 19 heavy (non-hydrogen) atoms. The lowest BCUT2D eigenvalue weighted by molar-refractivity contribution is 0.135. The van der Waals surface area contributed by atoms with Crippen LogP contribution in [0.15, 0.2) is 60.7 Å². The normalized spacial score (nSPS) is 14.0. The number of hydrogen-bond donors (Lipinski definition) is 2. The zero-order chi connectivity index (χ0) is 13.5. The second-order valence-electron chi connectivity index (χ2n) is 4.74. The van der Waals surface area contributed by atoms with Crippen molar-refractivity contribution in [1.29, 1.82) is 0 Å². The van der Waals surface area contributed by atoms with Crippen LogP contribution in [0.3, 0.4) is 0 Å². The molecule has 0 bridgehead atoms. The van der Waals surface area contributed by atoms with Gasteiger partial charge in [-0.1, -0.05) is 60.7 Å². The van der Waals surface area contributed by atoms with E-state index in [0.717, 1.165) is 17.5 Å². The van der Waals surface area contributed by atoms with E-state index < -0.39 is 6.10 Å². The van der Waals surface area contributed by atoms with Gasteiger partial charge in [0.05, 0.1) is 6.10 Å². The minimum absolute atomic E-state index is 0.0238. The number of aliphatic hydroxyl groups excluding tert-OH is 2. The molecule has 0 fully saturated rings. The van der Waals surface area contributed by atoms with Crippen molar-refractivity contribution in [3.8, 4) is 0 Å². The Hall–Kier alpha value is -1.64. The molecule has 0 aliphatic heterocycles. The van der Waals surface area contributed by atoms with E-state index in [4.69, 9.17) is 5.11 Å². The van der Waals surface area contributed by atoms with Crippen molar-refractivity contribution in [3.63, 3.8) is 0 Å². The predicted molar refractivity (Wildman–Crippen MR) is 76.9 cm³/mol. The van der Waals surface area contributed by atoms with Crippen molar-refractivity contribution in [2.24, 2.45) is 0 Å². The summed E-state index contributed by atoms with van der Waals surface area (Å²) in [7, 11) is 0. The van der Waals surface area contributed by atoms with Crippen LogP contribution in [0.25, 0.3) is 0 Å². The second kappa shape index (κ2) is 7.07. The third kappa shape index (κ3) is 3.66. The van der Waals surface area contributed by atoms with Gasteiger partial charge < -0.3 is 10.2 Å². The maximum atomic E-state index is 10.6. The topological polar surface area (TPSA) is 40.5 Å². The Morgan fingerprint density at radius 1 is 0.789 bits per heavy atom. The first kappa shape index (κ1) is 13.8. The van der Waals surface area contributed by atoms with Crippen LogP contribution in [0.2, 0.25) is 0 Å². The molecule has 2 aromatic carbocycles. The standard InChI is InChI=1S/C17H20O2/c18-13-7-12-16(14-8-3-1-4-9-14)17(19)15-10-5-2-6-11-15/h1-6,8-11,16-19H,7,12-13H2/t16-,17+/m1/s1. The van der Waals surface area contributed by atoms with Crippen LogP contribution >= 0.6 is 0 Å². The van der Waals surface area contributed by atoms with Crippen molar-refractivity contribution in [1.82, 2.24) is 0 Å². The Bertz CT molecular complexity index is 467. The van der Waals surface area contributed by atoms with E-state index in [2.05, 4.69) is 0 Å². The van der Waals surface area contributed by atoms with E-state index in [9.17, 15) is 5.11 Å². The van der Waals surface area contributed by atoms with Gasteiger partial charge in [-0.15, -0.1) is 0 Å². The first-order valence-corrected chi connectivity index (χ1v) is 6.71. The maximum absolute atomic E-state index is 10.6. The molecule has 2 rings (SSSR count). The third-order valence-electron chi connectivity index (χ3n) is 3.42. The average molecular weight is 256 g/mol. The van der Waals surface area contributed by atoms with Gasteiger partial charge in [0.1, 0.15) is 0 Å². The fourth-order valence-electron chi connectivity index (χ4n) is 2.40. The van der Waals surface area contributed by atoms with Crippen molar-refractivity contribution in [2.45, 2.75) is 24.9 Å². The molecule has 0 radical (unpaired) electrons. The summed E-state index contributed by atoms with van der Waals surface area (Å²) in [5.41, 5.74) is 2.04. The highest BCUT2D eigenvalue weighted by atomic mass is 16.3. The molecule has 2 heteroatoms. The molecule has 2 aromatic rings. The Labute approximate surface area is 114 Å².